The van der Waals surface area contributed by atoms with Gasteiger partial charge in [-0.25, -0.2) is 0 Å². The van der Waals surface area contributed by atoms with E-state index in [-0.39, 0.29) is 0 Å². The zero-order valence-electron chi connectivity index (χ0n) is 24.2. The van der Waals surface area contributed by atoms with Gasteiger partial charge in [-0.3, -0.25) is 4.79 Å². The fourth-order valence-electron chi connectivity index (χ4n) is 4.98. The van der Waals surface area contributed by atoms with Crippen LogP contribution in [0.5, 0.6) is 0 Å². The molecule has 0 N–H and O–H groups in total. The van der Waals surface area contributed by atoms with Crippen LogP contribution < -0.4 is 0 Å². The first-order chi connectivity index (χ1) is 16.8. The van der Waals surface area contributed by atoms with Crippen molar-refractivity contribution in [2.75, 3.05) is 13.1 Å². The highest BCUT2D eigenvalue weighted by Crippen LogP contribution is 2.14. The highest BCUT2D eigenvalue weighted by molar-refractivity contribution is 5.76. The van der Waals surface area contributed by atoms with E-state index >= 15 is 0 Å². The molecule has 0 spiro atoms. The Morgan fingerprint density at radius 1 is 0.382 bits per heavy atom. The summed E-state index contributed by atoms with van der Waals surface area (Å²) in [5.74, 6) is 0.437. The van der Waals surface area contributed by atoms with Crippen LogP contribution in [0.2, 0.25) is 0 Å². The summed E-state index contributed by atoms with van der Waals surface area (Å²) in [5.41, 5.74) is 0. The van der Waals surface area contributed by atoms with Crippen molar-refractivity contribution in [1.29, 1.82) is 0 Å². The molecule has 1 amide bonds. The number of hydrogen-bond acceptors (Lipinski definition) is 1. The first-order valence-electron chi connectivity index (χ1n) is 16.0. The molecule has 0 radical (unpaired) electrons. The Bertz CT molecular complexity index is 394. The van der Waals surface area contributed by atoms with Crippen LogP contribution in [0.3, 0.4) is 0 Å². The molecule has 0 aromatic rings. The zero-order chi connectivity index (χ0) is 25.0. The molecule has 0 unspecified atom stereocenters. The van der Waals surface area contributed by atoms with Crippen molar-refractivity contribution in [3.8, 4) is 0 Å². The minimum Gasteiger partial charge on any atom is -0.343 e. The summed E-state index contributed by atoms with van der Waals surface area (Å²) in [6, 6.07) is 0. The van der Waals surface area contributed by atoms with Gasteiger partial charge in [-0.2, -0.15) is 0 Å². The van der Waals surface area contributed by atoms with Gasteiger partial charge in [0, 0.05) is 19.5 Å². The summed E-state index contributed by atoms with van der Waals surface area (Å²) in [6.45, 7) is 8.85. The Labute approximate surface area is 216 Å². The molecule has 0 fully saturated rings. The third-order valence-corrected chi connectivity index (χ3v) is 7.41. The van der Waals surface area contributed by atoms with E-state index in [1.807, 2.05) is 0 Å². The number of carbonyl (C=O) groups is 1. The third-order valence-electron chi connectivity index (χ3n) is 7.41. The molecule has 0 bridgehead atoms. The van der Waals surface area contributed by atoms with Gasteiger partial charge in [-0.1, -0.05) is 162 Å². The van der Waals surface area contributed by atoms with Gasteiger partial charge in [0.1, 0.15) is 0 Å². The lowest BCUT2D eigenvalue weighted by molar-refractivity contribution is -0.131. The fraction of sp³-hybridized carbons (Fsp3) is 0.969. The van der Waals surface area contributed by atoms with Crippen LogP contribution in [0.15, 0.2) is 0 Å². The SMILES string of the molecule is CCCCCCCCCCCCN(CCCCCCCCCC)C(=O)CCCCCCCCC. The van der Waals surface area contributed by atoms with Crippen molar-refractivity contribution in [2.24, 2.45) is 0 Å². The summed E-state index contributed by atoms with van der Waals surface area (Å²) in [4.78, 5) is 15.2. The number of hydrogen-bond donors (Lipinski definition) is 0. The summed E-state index contributed by atoms with van der Waals surface area (Å²) in [5, 5.41) is 0. The second kappa shape index (κ2) is 28.7. The molecule has 0 rings (SSSR count). The van der Waals surface area contributed by atoms with E-state index in [0.717, 1.165) is 25.9 Å². The summed E-state index contributed by atoms with van der Waals surface area (Å²) in [7, 11) is 0. The van der Waals surface area contributed by atoms with Crippen molar-refractivity contribution in [1.82, 2.24) is 4.90 Å². The molecular weight excluding hydrogens is 414 g/mol. The van der Waals surface area contributed by atoms with Crippen molar-refractivity contribution >= 4 is 5.91 Å². The second-order valence-corrected chi connectivity index (χ2v) is 10.9. The van der Waals surface area contributed by atoms with Gasteiger partial charge in [-0.05, 0) is 19.3 Å². The molecule has 0 aliphatic carbocycles. The predicted molar refractivity (Wildman–Crippen MR) is 154 cm³/mol. The maximum Gasteiger partial charge on any atom is 0.222 e. The number of unbranched alkanes of at least 4 members (excludes halogenated alkanes) is 22. The topological polar surface area (TPSA) is 20.3 Å². The Morgan fingerprint density at radius 2 is 0.647 bits per heavy atom. The van der Waals surface area contributed by atoms with Crippen LogP contribution in [0, 0.1) is 0 Å². The molecule has 0 saturated carbocycles. The maximum absolute atomic E-state index is 12.9. The van der Waals surface area contributed by atoms with Crippen molar-refractivity contribution in [3.05, 3.63) is 0 Å². The average molecular weight is 480 g/mol. The third kappa shape index (κ3) is 24.6. The van der Waals surface area contributed by atoms with Crippen LogP contribution in [-0.4, -0.2) is 23.9 Å². The van der Waals surface area contributed by atoms with Gasteiger partial charge in [-0.15, -0.1) is 0 Å². The highest BCUT2D eigenvalue weighted by atomic mass is 16.2. The Morgan fingerprint density at radius 3 is 0.971 bits per heavy atom. The predicted octanol–water partition coefficient (Wildman–Crippen LogP) is 11.0. The molecule has 0 atom stereocenters. The number of carbonyl (C=O) groups excluding carboxylic acids is 1. The van der Waals surface area contributed by atoms with Crippen molar-refractivity contribution < 1.29 is 4.79 Å². The molecule has 0 heterocycles. The van der Waals surface area contributed by atoms with E-state index in [1.54, 1.807) is 0 Å². The Kier molecular flexibility index (Phi) is 28.3. The largest absolute Gasteiger partial charge is 0.343 e. The minimum atomic E-state index is 0.437. The van der Waals surface area contributed by atoms with Gasteiger partial charge < -0.3 is 4.90 Å². The van der Waals surface area contributed by atoms with Gasteiger partial charge in [0.25, 0.3) is 0 Å². The van der Waals surface area contributed by atoms with Crippen LogP contribution in [0.4, 0.5) is 0 Å². The fourth-order valence-corrected chi connectivity index (χ4v) is 4.98. The van der Waals surface area contributed by atoms with Crippen LogP contribution >= 0.6 is 0 Å². The average Bonchev–Trinajstić information content (AvgIpc) is 2.84. The number of rotatable bonds is 28. The standard InChI is InChI=1S/C32H65NO/c1-4-7-10-13-16-18-19-22-25-28-31-33(30-27-24-21-17-14-11-8-5-2)32(34)29-26-23-20-15-12-9-6-3/h4-31H2,1-3H3. The van der Waals surface area contributed by atoms with Crippen LogP contribution in [-0.2, 0) is 4.79 Å². The quantitative estimate of drug-likeness (QED) is 0.102. The van der Waals surface area contributed by atoms with Gasteiger partial charge in [0.05, 0.1) is 0 Å². The van der Waals surface area contributed by atoms with E-state index in [2.05, 4.69) is 25.7 Å². The first-order valence-corrected chi connectivity index (χ1v) is 16.0. The van der Waals surface area contributed by atoms with Crippen molar-refractivity contribution in [3.63, 3.8) is 0 Å². The monoisotopic (exact) mass is 480 g/mol. The summed E-state index contributed by atoms with van der Waals surface area (Å²) >= 11 is 0. The van der Waals surface area contributed by atoms with Crippen molar-refractivity contribution in [2.45, 2.75) is 188 Å². The second-order valence-electron chi connectivity index (χ2n) is 10.9. The van der Waals surface area contributed by atoms with Gasteiger partial charge in [0.2, 0.25) is 5.91 Å². The molecule has 34 heavy (non-hydrogen) atoms. The molecule has 204 valence electrons. The van der Waals surface area contributed by atoms with Gasteiger partial charge in [0.15, 0.2) is 0 Å². The van der Waals surface area contributed by atoms with E-state index in [0.29, 0.717) is 5.91 Å². The minimum absolute atomic E-state index is 0.437. The summed E-state index contributed by atoms with van der Waals surface area (Å²) < 4.78 is 0. The lowest BCUT2D eigenvalue weighted by Crippen LogP contribution is -2.32. The Balaban J connectivity index is 4.03. The molecule has 0 aliphatic rings. The number of nitrogens with zero attached hydrogens (tertiary/aromatic N) is 1. The molecule has 0 aromatic heterocycles. The van der Waals surface area contributed by atoms with Crippen LogP contribution in [0.1, 0.15) is 188 Å². The lowest BCUT2D eigenvalue weighted by Gasteiger charge is -2.23. The first kappa shape index (κ1) is 33.5. The Hall–Kier alpha value is -0.530. The maximum atomic E-state index is 12.9. The molecule has 0 aliphatic heterocycles. The molecule has 2 nitrogen and oxygen atoms in total. The smallest absolute Gasteiger partial charge is 0.222 e. The lowest BCUT2D eigenvalue weighted by atomic mass is 10.1. The summed E-state index contributed by atoms with van der Waals surface area (Å²) in [6.07, 6.45) is 34.2. The van der Waals surface area contributed by atoms with Gasteiger partial charge >= 0.3 is 0 Å². The molecule has 0 aromatic carbocycles. The zero-order valence-corrected chi connectivity index (χ0v) is 24.2. The molecule has 0 saturated heterocycles. The highest BCUT2D eigenvalue weighted by Gasteiger charge is 2.12. The molecule has 2 heteroatoms. The van der Waals surface area contributed by atoms with E-state index in [9.17, 15) is 4.79 Å². The molecular formula is C32H65NO. The van der Waals surface area contributed by atoms with E-state index in [4.69, 9.17) is 0 Å². The van der Waals surface area contributed by atoms with E-state index < -0.39 is 0 Å². The normalized spacial score (nSPS) is 11.3. The van der Waals surface area contributed by atoms with Crippen LogP contribution in [0.25, 0.3) is 0 Å². The number of amides is 1. The van der Waals surface area contributed by atoms with E-state index in [1.165, 1.54) is 154 Å².